The standard InChI is InChI=1S/C18H25N6O5/c1-12-10-23-14-15(20(2)18(27)24(16(14)26)11-13(25)28-3)19-17(23)22(12)5-4-21-6-8-29-9-7-21/h10,14H,4-9,11H2,1-3H3/q+1. The van der Waals surface area contributed by atoms with E-state index in [4.69, 9.17) is 4.74 Å². The highest BCUT2D eigenvalue weighted by Crippen LogP contribution is 2.29. The summed E-state index contributed by atoms with van der Waals surface area (Å²) in [6.45, 7) is 6.37. The quantitative estimate of drug-likeness (QED) is 0.463. The second-order valence-electron chi connectivity index (χ2n) is 7.30. The fourth-order valence-corrected chi connectivity index (χ4v) is 3.91. The molecule has 0 N–H and O–H groups in total. The lowest BCUT2D eigenvalue weighted by Gasteiger charge is -2.32. The van der Waals surface area contributed by atoms with Gasteiger partial charge in [-0.2, -0.15) is 0 Å². The number of imide groups is 1. The summed E-state index contributed by atoms with van der Waals surface area (Å²) in [6, 6.07) is -1.35. The Morgan fingerprint density at radius 3 is 2.72 bits per heavy atom. The van der Waals surface area contributed by atoms with Crippen molar-refractivity contribution in [1.82, 2.24) is 19.3 Å². The van der Waals surface area contributed by atoms with Gasteiger partial charge in [0.25, 0.3) is 5.91 Å². The second kappa shape index (κ2) is 7.56. The molecule has 0 aromatic carbocycles. The number of esters is 1. The molecule has 1 unspecified atom stereocenters. The lowest BCUT2D eigenvalue weighted by Crippen LogP contribution is -2.63. The first-order valence-corrected chi connectivity index (χ1v) is 9.58. The monoisotopic (exact) mass is 405 g/mol. The molecule has 2 saturated heterocycles. The predicted molar refractivity (Wildman–Crippen MR) is 99.6 cm³/mol. The Labute approximate surface area is 168 Å². The molecule has 0 bridgehead atoms. The van der Waals surface area contributed by atoms with Crippen LogP contribution in [-0.2, 0) is 25.6 Å². The zero-order valence-electron chi connectivity index (χ0n) is 16.8. The molecule has 0 saturated carbocycles. The van der Waals surface area contributed by atoms with E-state index in [0.717, 1.165) is 50.0 Å². The third-order valence-corrected chi connectivity index (χ3v) is 5.58. The highest BCUT2D eigenvalue weighted by Gasteiger charge is 2.53. The smallest absolute Gasteiger partial charge is 0.401 e. The molecular weight excluding hydrogens is 380 g/mol. The number of amides is 3. The normalized spacial score (nSPS) is 21.9. The van der Waals surface area contributed by atoms with Crippen molar-refractivity contribution in [2.75, 3.05) is 53.6 Å². The first-order chi connectivity index (χ1) is 13.9. The summed E-state index contributed by atoms with van der Waals surface area (Å²) in [5.74, 6) is -0.130. The van der Waals surface area contributed by atoms with Gasteiger partial charge in [0.05, 0.1) is 26.9 Å². The van der Waals surface area contributed by atoms with Gasteiger partial charge >= 0.3 is 17.9 Å². The molecule has 156 valence electrons. The molecule has 2 fully saturated rings. The number of fused-ring (bicyclic) bond motifs is 3. The summed E-state index contributed by atoms with van der Waals surface area (Å²) in [7, 11) is 2.78. The van der Waals surface area contributed by atoms with Gasteiger partial charge in [-0.15, -0.1) is 0 Å². The van der Waals surface area contributed by atoms with E-state index < -0.39 is 30.5 Å². The minimum atomic E-state index is -0.763. The van der Waals surface area contributed by atoms with Crippen molar-refractivity contribution in [3.05, 3.63) is 11.9 Å². The number of likely N-dealkylation sites (N-methyl/N-ethyl adjacent to an activating group) is 1. The van der Waals surface area contributed by atoms with Crippen LogP contribution >= 0.6 is 0 Å². The van der Waals surface area contributed by atoms with Crippen molar-refractivity contribution in [2.24, 2.45) is 4.99 Å². The molecule has 11 heteroatoms. The highest BCUT2D eigenvalue weighted by molar-refractivity contribution is 6.19. The van der Waals surface area contributed by atoms with Crippen LogP contribution in [0.25, 0.3) is 0 Å². The Balaban J connectivity index is 1.60. The molecule has 1 aromatic rings. The predicted octanol–water partition coefficient (Wildman–Crippen LogP) is -0.932. The minimum absolute atomic E-state index is 0.372. The SMILES string of the molecule is COC(=O)CN1C(=O)C2C(=Nc3n(CCN4CCOCC4)c(C)c[n+]32)N(C)C1=O. The van der Waals surface area contributed by atoms with E-state index in [0.29, 0.717) is 11.8 Å². The molecule has 1 atom stereocenters. The number of morpholine rings is 1. The summed E-state index contributed by atoms with van der Waals surface area (Å²) in [5, 5.41) is 0. The number of amidine groups is 1. The minimum Gasteiger partial charge on any atom is -0.468 e. The zero-order valence-corrected chi connectivity index (χ0v) is 16.8. The number of aryl methyl sites for hydroxylation is 1. The van der Waals surface area contributed by atoms with Crippen LogP contribution in [0.4, 0.5) is 10.7 Å². The van der Waals surface area contributed by atoms with Gasteiger partial charge in [-0.05, 0) is 6.92 Å². The van der Waals surface area contributed by atoms with Crippen LogP contribution in [-0.4, -0.2) is 96.6 Å². The largest absolute Gasteiger partial charge is 0.468 e. The third kappa shape index (κ3) is 3.29. The molecule has 3 aliphatic rings. The van der Waals surface area contributed by atoms with E-state index in [1.165, 1.54) is 12.0 Å². The first kappa shape index (κ1) is 19.5. The molecule has 3 aliphatic heterocycles. The van der Waals surface area contributed by atoms with E-state index in [-0.39, 0.29) is 0 Å². The molecule has 0 spiro atoms. The van der Waals surface area contributed by atoms with E-state index in [1.807, 2.05) is 13.1 Å². The van der Waals surface area contributed by atoms with Crippen molar-refractivity contribution < 1.29 is 28.4 Å². The average Bonchev–Trinajstić information content (AvgIpc) is 3.23. The number of hydrogen-bond acceptors (Lipinski definition) is 7. The molecule has 1 aromatic heterocycles. The van der Waals surface area contributed by atoms with Crippen molar-refractivity contribution in [2.45, 2.75) is 19.5 Å². The molecule has 0 aliphatic carbocycles. The van der Waals surface area contributed by atoms with E-state index in [9.17, 15) is 14.4 Å². The molecule has 4 heterocycles. The van der Waals surface area contributed by atoms with Crippen molar-refractivity contribution in [1.29, 1.82) is 0 Å². The van der Waals surface area contributed by atoms with Gasteiger partial charge < -0.3 is 9.47 Å². The number of rotatable bonds is 5. The maximum atomic E-state index is 13.0. The average molecular weight is 405 g/mol. The summed E-state index contributed by atoms with van der Waals surface area (Å²) in [6.07, 6.45) is 1.87. The van der Waals surface area contributed by atoms with E-state index in [2.05, 4.69) is 19.2 Å². The van der Waals surface area contributed by atoms with Gasteiger partial charge in [0, 0.05) is 26.7 Å². The van der Waals surface area contributed by atoms with Crippen LogP contribution in [0.15, 0.2) is 11.2 Å². The number of imidazole rings is 1. The van der Waals surface area contributed by atoms with Crippen LogP contribution in [0.5, 0.6) is 0 Å². The van der Waals surface area contributed by atoms with Gasteiger partial charge in [0.1, 0.15) is 18.4 Å². The van der Waals surface area contributed by atoms with Crippen LogP contribution in [0, 0.1) is 6.92 Å². The van der Waals surface area contributed by atoms with Gasteiger partial charge in [-0.25, -0.2) is 18.8 Å². The van der Waals surface area contributed by atoms with Crippen molar-refractivity contribution in [3.8, 4) is 0 Å². The molecule has 4 rings (SSSR count). The van der Waals surface area contributed by atoms with E-state index >= 15 is 0 Å². The number of aliphatic imine (C=N–C) groups is 1. The number of hydrogen-bond donors (Lipinski definition) is 0. The fourth-order valence-electron chi connectivity index (χ4n) is 3.91. The molecule has 11 nitrogen and oxygen atoms in total. The summed E-state index contributed by atoms with van der Waals surface area (Å²) in [5.41, 5.74) is 0.975. The molecule has 0 radical (unpaired) electrons. The third-order valence-electron chi connectivity index (χ3n) is 5.58. The second-order valence-corrected chi connectivity index (χ2v) is 7.30. The van der Waals surface area contributed by atoms with E-state index in [1.54, 1.807) is 11.6 Å². The fraction of sp³-hybridized carbons (Fsp3) is 0.611. The van der Waals surface area contributed by atoms with Crippen LogP contribution in [0.2, 0.25) is 0 Å². The van der Waals surface area contributed by atoms with Gasteiger partial charge in [0.15, 0.2) is 0 Å². The number of nitrogens with zero attached hydrogens (tertiary/aromatic N) is 6. The Hall–Kier alpha value is -2.79. The lowest BCUT2D eigenvalue weighted by atomic mass is 10.1. The zero-order chi connectivity index (χ0) is 20.7. The number of carbonyl (C=O) groups is 3. The van der Waals surface area contributed by atoms with Gasteiger partial charge in [0.2, 0.25) is 11.9 Å². The molecule has 29 heavy (non-hydrogen) atoms. The highest BCUT2D eigenvalue weighted by atomic mass is 16.5. The lowest BCUT2D eigenvalue weighted by molar-refractivity contribution is -0.677. The summed E-state index contributed by atoms with van der Waals surface area (Å²) in [4.78, 5) is 46.5. The Morgan fingerprint density at radius 1 is 1.31 bits per heavy atom. The Bertz CT molecular complexity index is 888. The number of carbonyl (C=O) groups excluding carboxylic acids is 3. The first-order valence-electron chi connectivity index (χ1n) is 9.58. The Morgan fingerprint density at radius 2 is 2.03 bits per heavy atom. The maximum Gasteiger partial charge on any atom is 0.401 e. The number of ether oxygens (including phenoxy) is 2. The number of urea groups is 1. The van der Waals surface area contributed by atoms with Crippen LogP contribution in [0.1, 0.15) is 11.7 Å². The van der Waals surface area contributed by atoms with Crippen LogP contribution < -0.4 is 4.57 Å². The van der Waals surface area contributed by atoms with Crippen LogP contribution in [0.3, 0.4) is 0 Å². The van der Waals surface area contributed by atoms with Gasteiger partial charge in [-0.1, -0.05) is 4.99 Å². The topological polar surface area (TPSA) is 101 Å². The molecule has 3 amide bonds. The number of methoxy groups -OCH3 is 1. The molecular formula is C18H25N6O5+. The number of aromatic nitrogens is 2. The van der Waals surface area contributed by atoms with Crippen molar-refractivity contribution in [3.63, 3.8) is 0 Å². The Kier molecular flexibility index (Phi) is 5.09. The summed E-state index contributed by atoms with van der Waals surface area (Å²) < 4.78 is 13.8. The van der Waals surface area contributed by atoms with Gasteiger partial charge in [-0.3, -0.25) is 19.4 Å². The van der Waals surface area contributed by atoms with Crippen molar-refractivity contribution >= 4 is 29.7 Å². The maximum absolute atomic E-state index is 13.0. The summed E-state index contributed by atoms with van der Waals surface area (Å²) >= 11 is 0.